The van der Waals surface area contributed by atoms with E-state index in [1.54, 1.807) is 12.1 Å². The Kier molecular flexibility index (Phi) is 8.03. The molecule has 0 aromatic heterocycles. The van der Waals surface area contributed by atoms with Gasteiger partial charge in [0.2, 0.25) is 0 Å². The molecule has 0 heterocycles. The van der Waals surface area contributed by atoms with E-state index in [1.807, 2.05) is 24.3 Å². The van der Waals surface area contributed by atoms with Crippen molar-refractivity contribution in [2.45, 2.75) is 76.2 Å². The molecule has 0 aliphatic heterocycles. The van der Waals surface area contributed by atoms with Crippen LogP contribution >= 0.6 is 0 Å². The van der Waals surface area contributed by atoms with Gasteiger partial charge < -0.3 is 4.74 Å². The summed E-state index contributed by atoms with van der Waals surface area (Å²) in [6, 6.07) is 8.72. The summed E-state index contributed by atoms with van der Waals surface area (Å²) in [6.07, 6.45) is 12.8. The number of benzene rings is 1. The van der Waals surface area contributed by atoms with E-state index in [0.717, 1.165) is 69.8 Å². The van der Waals surface area contributed by atoms with E-state index in [-0.39, 0.29) is 29.5 Å². The maximum Gasteiger partial charge on any atom is 0.309 e. The SMILES string of the molecule is N#CC=CCC[C@H]1CC[C@H](OC(=O)[C@H]2CC[C@H](c3ccc(C#N)c(F)c3)CC2)CC1. The smallest absolute Gasteiger partial charge is 0.309 e. The minimum atomic E-state index is -0.465. The Hall–Kier alpha value is -2.66. The average molecular weight is 409 g/mol. The quantitative estimate of drug-likeness (QED) is 0.432. The zero-order valence-corrected chi connectivity index (χ0v) is 17.4. The van der Waals surface area contributed by atoms with Gasteiger partial charge in [-0.05, 0) is 93.7 Å². The van der Waals surface area contributed by atoms with Gasteiger partial charge in [-0.15, -0.1) is 0 Å². The molecule has 3 rings (SSSR count). The van der Waals surface area contributed by atoms with Crippen LogP contribution in [0.4, 0.5) is 4.39 Å². The highest BCUT2D eigenvalue weighted by Crippen LogP contribution is 2.37. The van der Waals surface area contributed by atoms with Gasteiger partial charge in [-0.1, -0.05) is 12.1 Å². The first-order valence-electron chi connectivity index (χ1n) is 11.1. The highest BCUT2D eigenvalue weighted by Gasteiger charge is 2.31. The van der Waals surface area contributed by atoms with Crippen LogP contribution in [0.1, 0.15) is 81.3 Å². The third-order valence-electron chi connectivity index (χ3n) is 6.66. The van der Waals surface area contributed by atoms with Crippen LogP contribution in [0.5, 0.6) is 0 Å². The Balaban J connectivity index is 1.40. The first-order chi connectivity index (χ1) is 14.6. The van der Waals surface area contributed by atoms with Crippen LogP contribution in [0, 0.1) is 40.3 Å². The summed E-state index contributed by atoms with van der Waals surface area (Å²) in [5.41, 5.74) is 0.991. The van der Waals surface area contributed by atoms with Crippen LogP contribution in [-0.4, -0.2) is 12.1 Å². The molecule has 2 aliphatic rings. The van der Waals surface area contributed by atoms with Crippen molar-refractivity contribution in [3.05, 3.63) is 47.3 Å². The Labute approximate surface area is 178 Å². The summed E-state index contributed by atoms with van der Waals surface area (Å²) in [5.74, 6) is 0.305. The number of hydrogen-bond donors (Lipinski definition) is 0. The number of carbonyl (C=O) groups excluding carboxylic acids is 1. The molecule has 1 aromatic rings. The van der Waals surface area contributed by atoms with Crippen molar-refractivity contribution in [2.24, 2.45) is 11.8 Å². The maximum absolute atomic E-state index is 13.9. The number of rotatable bonds is 6. The number of hydrogen-bond acceptors (Lipinski definition) is 4. The van der Waals surface area contributed by atoms with E-state index in [2.05, 4.69) is 0 Å². The first-order valence-corrected chi connectivity index (χ1v) is 11.1. The van der Waals surface area contributed by atoms with E-state index in [1.165, 1.54) is 6.07 Å². The molecule has 5 heteroatoms. The highest BCUT2D eigenvalue weighted by molar-refractivity contribution is 5.72. The van der Waals surface area contributed by atoms with Gasteiger partial charge in [0.25, 0.3) is 0 Å². The van der Waals surface area contributed by atoms with E-state index >= 15 is 0 Å². The van der Waals surface area contributed by atoms with Gasteiger partial charge in [-0.2, -0.15) is 10.5 Å². The second-order valence-corrected chi connectivity index (χ2v) is 8.59. The summed E-state index contributed by atoms with van der Waals surface area (Å²) in [7, 11) is 0. The summed E-state index contributed by atoms with van der Waals surface area (Å²) in [5, 5.41) is 17.4. The van der Waals surface area contributed by atoms with Crippen molar-refractivity contribution in [1.29, 1.82) is 10.5 Å². The summed E-state index contributed by atoms with van der Waals surface area (Å²) >= 11 is 0. The molecule has 2 fully saturated rings. The summed E-state index contributed by atoms with van der Waals surface area (Å²) in [6.45, 7) is 0. The lowest BCUT2D eigenvalue weighted by atomic mass is 9.78. The van der Waals surface area contributed by atoms with Crippen molar-refractivity contribution in [1.82, 2.24) is 0 Å². The Morgan fingerprint density at radius 2 is 1.83 bits per heavy atom. The lowest BCUT2D eigenvalue weighted by Gasteiger charge is -2.31. The second-order valence-electron chi connectivity index (χ2n) is 8.59. The Morgan fingerprint density at radius 3 is 2.47 bits per heavy atom. The standard InChI is InChI=1S/C25H29FN2O2/c26-24-16-21(11-12-22(24)17-28)19-7-9-20(10-8-19)25(29)30-23-13-5-18(6-14-23)4-2-1-3-15-27/h1,3,11-12,16,18-20,23H,2,4-10,13-14H2/t18-,19-,20-,23-. The second kappa shape index (κ2) is 10.9. The molecule has 0 spiro atoms. The zero-order valence-electron chi connectivity index (χ0n) is 17.4. The molecule has 0 bridgehead atoms. The molecule has 0 radical (unpaired) electrons. The molecule has 30 heavy (non-hydrogen) atoms. The number of halogens is 1. The number of ether oxygens (including phenoxy) is 1. The fourth-order valence-electron chi connectivity index (χ4n) is 4.81. The number of esters is 1. The number of carbonyl (C=O) groups is 1. The molecule has 1 aromatic carbocycles. The van der Waals surface area contributed by atoms with Gasteiger partial charge in [0.1, 0.15) is 18.0 Å². The van der Waals surface area contributed by atoms with Gasteiger partial charge >= 0.3 is 5.97 Å². The molecule has 158 valence electrons. The maximum atomic E-state index is 13.9. The Bertz CT molecular complexity index is 836. The fourth-order valence-corrected chi connectivity index (χ4v) is 4.81. The summed E-state index contributed by atoms with van der Waals surface area (Å²) in [4.78, 5) is 12.6. The van der Waals surface area contributed by atoms with Gasteiger partial charge in [0, 0.05) is 6.08 Å². The largest absolute Gasteiger partial charge is 0.462 e. The van der Waals surface area contributed by atoms with Crippen molar-refractivity contribution in [3.63, 3.8) is 0 Å². The van der Waals surface area contributed by atoms with E-state index in [0.29, 0.717) is 5.92 Å². The molecular formula is C25H29FN2O2. The van der Waals surface area contributed by atoms with Crippen molar-refractivity contribution >= 4 is 5.97 Å². The minimum Gasteiger partial charge on any atom is -0.462 e. The molecule has 0 unspecified atom stereocenters. The molecule has 4 nitrogen and oxygen atoms in total. The number of nitriles is 2. The normalized spacial score (nSPS) is 26.6. The highest BCUT2D eigenvalue weighted by atomic mass is 19.1. The number of allylic oxidation sites excluding steroid dienone is 2. The third-order valence-corrected chi connectivity index (χ3v) is 6.66. The van der Waals surface area contributed by atoms with Gasteiger partial charge in [-0.25, -0.2) is 4.39 Å². The average Bonchev–Trinajstić information content (AvgIpc) is 2.78. The summed E-state index contributed by atoms with van der Waals surface area (Å²) < 4.78 is 19.7. The monoisotopic (exact) mass is 408 g/mol. The minimum absolute atomic E-state index is 0.0359. The van der Waals surface area contributed by atoms with E-state index in [4.69, 9.17) is 15.3 Å². The predicted molar refractivity (Wildman–Crippen MR) is 112 cm³/mol. The predicted octanol–water partition coefficient (Wildman–Crippen LogP) is 5.93. The molecule has 0 saturated heterocycles. The lowest BCUT2D eigenvalue weighted by Crippen LogP contribution is -2.29. The topological polar surface area (TPSA) is 73.9 Å². The van der Waals surface area contributed by atoms with Crippen LogP contribution in [0.3, 0.4) is 0 Å². The van der Waals surface area contributed by atoms with Gasteiger partial charge in [0.05, 0.1) is 17.6 Å². The van der Waals surface area contributed by atoms with Crippen LogP contribution < -0.4 is 0 Å². The van der Waals surface area contributed by atoms with E-state index < -0.39 is 5.82 Å². The molecular weight excluding hydrogens is 379 g/mol. The van der Waals surface area contributed by atoms with Crippen molar-refractivity contribution in [2.75, 3.05) is 0 Å². The zero-order chi connectivity index (χ0) is 21.3. The molecule has 0 N–H and O–H groups in total. The molecule has 0 atom stereocenters. The van der Waals surface area contributed by atoms with Gasteiger partial charge in [0.15, 0.2) is 0 Å². The fraction of sp³-hybridized carbons (Fsp3) is 0.560. The van der Waals surface area contributed by atoms with Crippen LogP contribution in [-0.2, 0) is 9.53 Å². The van der Waals surface area contributed by atoms with Crippen LogP contribution in [0.25, 0.3) is 0 Å². The van der Waals surface area contributed by atoms with Crippen LogP contribution in [0.15, 0.2) is 30.4 Å². The van der Waals surface area contributed by atoms with Crippen LogP contribution in [0.2, 0.25) is 0 Å². The molecule has 2 aliphatic carbocycles. The lowest BCUT2D eigenvalue weighted by molar-refractivity contribution is -0.157. The molecule has 2 saturated carbocycles. The Morgan fingerprint density at radius 1 is 1.10 bits per heavy atom. The molecule has 0 amide bonds. The van der Waals surface area contributed by atoms with Crippen molar-refractivity contribution in [3.8, 4) is 12.1 Å². The van der Waals surface area contributed by atoms with E-state index in [9.17, 15) is 9.18 Å². The van der Waals surface area contributed by atoms with Crippen molar-refractivity contribution < 1.29 is 13.9 Å². The third kappa shape index (κ3) is 5.92. The number of nitrogens with zero attached hydrogens (tertiary/aromatic N) is 2. The van der Waals surface area contributed by atoms with Gasteiger partial charge in [-0.3, -0.25) is 4.79 Å². The first kappa shape index (κ1) is 22.0.